The van der Waals surface area contributed by atoms with E-state index in [0.29, 0.717) is 132 Å². The van der Waals surface area contributed by atoms with Crippen LogP contribution in [0, 0.1) is 29.6 Å². The van der Waals surface area contributed by atoms with Crippen LogP contribution in [0.3, 0.4) is 0 Å². The average molecular weight is 1430 g/mol. The molecular formula is C72H129N15O14. The smallest absolute Gasteiger partial charge is 0.409 e. The number of methoxy groups -OCH3 is 3. The van der Waals surface area contributed by atoms with E-state index in [1.807, 2.05) is 12.2 Å². The van der Waals surface area contributed by atoms with Gasteiger partial charge in [0.25, 0.3) is 0 Å². The Morgan fingerprint density at radius 3 is 1.29 bits per heavy atom. The number of carbonyl (C=O) groups excluding carboxylic acids is 1. The van der Waals surface area contributed by atoms with Crippen molar-refractivity contribution < 1.29 is 67.2 Å². The molecule has 5 saturated heterocycles. The summed E-state index contributed by atoms with van der Waals surface area (Å²) in [7, 11) is 5.07. The van der Waals surface area contributed by atoms with Crippen LogP contribution in [-0.4, -0.2) is 297 Å². The quantitative estimate of drug-likeness (QED) is 0.0259. The Bertz CT molecular complexity index is 2720. The molecule has 1 amide bonds. The number of likely N-dealkylation sites (tertiary alicyclic amines) is 4. The zero-order chi connectivity index (χ0) is 73.5. The highest BCUT2D eigenvalue weighted by atomic mass is 16.6. The first kappa shape index (κ1) is 84.4. The Kier molecular flexibility index (Phi) is 37.0. The second-order valence-electron chi connectivity index (χ2n) is 28.9. The van der Waals surface area contributed by atoms with Gasteiger partial charge in [-0.15, -0.1) is 0 Å². The number of nitrogens with two attached hydrogens (primary N) is 7. The first-order valence-corrected chi connectivity index (χ1v) is 37.0. The Labute approximate surface area is 601 Å². The van der Waals surface area contributed by atoms with Crippen molar-refractivity contribution in [3.63, 3.8) is 0 Å². The minimum absolute atomic E-state index is 0.00154. The van der Waals surface area contributed by atoms with Gasteiger partial charge in [0.1, 0.15) is 6.61 Å². The molecule has 0 unspecified atom stereocenters. The number of hydrogen-bond acceptors (Lipinski definition) is 20. The van der Waals surface area contributed by atoms with Crippen LogP contribution in [0.1, 0.15) is 119 Å². The number of carboxylic acids is 2. The third-order valence-corrected chi connectivity index (χ3v) is 21.2. The fraction of sp³-hybridized carbons (Fsp3) is 0.806. The summed E-state index contributed by atoms with van der Waals surface area (Å²) in [5.41, 5.74) is 43.3. The third-order valence-electron chi connectivity index (χ3n) is 21.2. The molecule has 0 radical (unpaired) electrons. The predicted molar refractivity (Wildman–Crippen MR) is 392 cm³/mol. The average Bonchev–Trinajstić information content (AvgIpc) is 0.813. The van der Waals surface area contributed by atoms with Gasteiger partial charge in [0, 0.05) is 108 Å². The van der Waals surface area contributed by atoms with Gasteiger partial charge in [0.15, 0.2) is 17.9 Å². The number of carbonyl (C=O) groups is 3. The maximum absolute atomic E-state index is 12.0. The molecule has 101 heavy (non-hydrogen) atoms. The molecule has 0 saturated carbocycles. The summed E-state index contributed by atoms with van der Waals surface area (Å²) < 4.78 is 49.2. The minimum atomic E-state index is -0.905. The van der Waals surface area contributed by atoms with Crippen LogP contribution in [0.15, 0.2) is 61.6 Å². The van der Waals surface area contributed by atoms with Crippen molar-refractivity contribution in [2.75, 3.05) is 159 Å². The molecule has 9 aliphatic rings. The van der Waals surface area contributed by atoms with E-state index in [1.54, 1.807) is 26.2 Å². The molecule has 5 fully saturated rings. The summed E-state index contributed by atoms with van der Waals surface area (Å²) in [5.74, 6) is 0.332. The number of hydrogen-bond donors (Lipinski definition) is 9. The predicted octanol–water partition coefficient (Wildman–Crippen LogP) is 3.33. The number of piperidine rings is 4. The van der Waals surface area contributed by atoms with Gasteiger partial charge in [-0.1, -0.05) is 63.1 Å². The second-order valence-corrected chi connectivity index (χ2v) is 28.9. The molecule has 9 rings (SSSR count). The Balaban J connectivity index is 0.000000213. The number of amides is 1. The molecule has 5 aliphatic heterocycles. The zero-order valence-corrected chi connectivity index (χ0v) is 62.3. The molecule has 29 nitrogen and oxygen atoms in total. The topological polar surface area (TPSA) is 410 Å². The fourth-order valence-corrected chi connectivity index (χ4v) is 15.6. The van der Waals surface area contributed by atoms with Gasteiger partial charge in [-0.05, 0) is 140 Å². The van der Waals surface area contributed by atoms with Crippen molar-refractivity contribution in [3.05, 3.63) is 46.6 Å². The fourth-order valence-electron chi connectivity index (χ4n) is 15.6. The van der Waals surface area contributed by atoms with Gasteiger partial charge in [0.2, 0.25) is 0 Å². The van der Waals surface area contributed by atoms with Crippen LogP contribution in [0.2, 0.25) is 0 Å². The lowest BCUT2D eigenvalue weighted by Gasteiger charge is -2.43. The highest BCUT2D eigenvalue weighted by Crippen LogP contribution is 2.36. The maximum Gasteiger partial charge on any atom is 0.409 e. The summed E-state index contributed by atoms with van der Waals surface area (Å²) in [5, 5.41) is 18.8. The number of guanidine groups is 3. The molecule has 0 spiro atoms. The van der Waals surface area contributed by atoms with Crippen LogP contribution < -0.4 is 40.1 Å². The van der Waals surface area contributed by atoms with Crippen molar-refractivity contribution in [3.8, 4) is 0 Å². The Hall–Kier alpha value is -5.54. The molecule has 0 bridgehead atoms. The molecule has 0 aromatic heterocycles. The zero-order valence-electron chi connectivity index (χ0n) is 62.3. The van der Waals surface area contributed by atoms with E-state index in [-0.39, 0.29) is 90.9 Å². The highest BCUT2D eigenvalue weighted by molar-refractivity contribution is 5.87. The summed E-state index contributed by atoms with van der Waals surface area (Å²) in [4.78, 5) is 59.5. The van der Waals surface area contributed by atoms with Crippen molar-refractivity contribution in [1.82, 2.24) is 24.5 Å². The van der Waals surface area contributed by atoms with Gasteiger partial charge in [0.05, 0.1) is 103 Å². The Morgan fingerprint density at radius 1 is 0.485 bits per heavy atom. The molecule has 16 atom stereocenters. The van der Waals surface area contributed by atoms with Gasteiger partial charge in [-0.2, -0.15) is 0 Å². The van der Waals surface area contributed by atoms with E-state index < -0.39 is 11.9 Å². The van der Waals surface area contributed by atoms with Gasteiger partial charge in [-0.3, -0.25) is 19.6 Å². The number of aliphatic carboxylic acids is 2. The SMILES string of the molecule is COCCOC[C@@H]1CCCN([C@@H]2C=C(C)C[C@H](N=C(N)N)[C@H]2C)C1.COCCO[C@@H]1CCCN([C@@H]2C=C(C)C[C@H](N=C(N)N)[C@H]2C)C1.COCCO[C@H]1CCCN([C@@H]2C=C(C(=O)O)C[C@H](N=C(N)N)[C@H]2C)C1.C[C@H]1[C@H](N2CCC[C@H](OCCOC(=O)N3CCOCC3)C2)C=C(C(=O)O)C[C@@H]1N. The number of carboxylic acid groups (broad SMARTS) is 2. The van der Waals surface area contributed by atoms with E-state index in [9.17, 15) is 24.6 Å². The summed E-state index contributed by atoms with van der Waals surface area (Å²) in [6.45, 7) is 28.1. The normalized spacial score (nSPS) is 31.4. The van der Waals surface area contributed by atoms with Crippen molar-refractivity contribution in [2.45, 2.75) is 185 Å². The van der Waals surface area contributed by atoms with Crippen molar-refractivity contribution in [1.29, 1.82) is 0 Å². The van der Waals surface area contributed by atoms with Crippen LogP contribution in [0.25, 0.3) is 0 Å². The van der Waals surface area contributed by atoms with E-state index in [4.69, 9.17) is 82.8 Å². The second kappa shape index (κ2) is 44.3. The maximum atomic E-state index is 12.0. The first-order valence-electron chi connectivity index (χ1n) is 37.0. The van der Waals surface area contributed by atoms with Gasteiger partial charge in [-0.25, -0.2) is 29.4 Å². The summed E-state index contributed by atoms with van der Waals surface area (Å²) >= 11 is 0. The van der Waals surface area contributed by atoms with Crippen LogP contribution in [-0.2, 0) is 52.2 Å². The molecule has 0 aromatic rings. The van der Waals surface area contributed by atoms with Gasteiger partial charge < -0.3 is 97.9 Å². The minimum Gasteiger partial charge on any atom is -0.478 e. The molecule has 5 heterocycles. The molecule has 29 heteroatoms. The third kappa shape index (κ3) is 28.1. The highest BCUT2D eigenvalue weighted by Gasteiger charge is 2.41. The molecule has 16 N–H and O–H groups in total. The van der Waals surface area contributed by atoms with E-state index in [0.717, 1.165) is 104 Å². The number of morpholine rings is 1. The van der Waals surface area contributed by atoms with Crippen molar-refractivity contribution in [2.24, 2.45) is 84.7 Å². The van der Waals surface area contributed by atoms with E-state index in [1.165, 1.54) is 30.4 Å². The lowest BCUT2D eigenvalue weighted by molar-refractivity contribution is -0.134. The number of ether oxygens (including phenoxy) is 9. The lowest BCUT2D eigenvalue weighted by atomic mass is 9.81. The number of aliphatic imine (C=N–C) groups is 3. The van der Waals surface area contributed by atoms with Crippen LogP contribution >= 0.6 is 0 Å². The molecule has 0 aromatic carbocycles. The van der Waals surface area contributed by atoms with Crippen LogP contribution in [0.5, 0.6) is 0 Å². The standard InChI is InChI=1S/C20H33N3O6.C18H34N4O2.C17H30N4O4.C17H32N4O2/c1-14-17(21)11-15(19(24)25)12-18(14)23-4-2-3-16(13-23)28-9-10-29-20(26)22-5-7-27-8-6-22;1-13-9-16(21-18(19)20)14(2)17(10-13)22-6-4-5-15(11-22)12-24-8-7-23-3;1-11-14(20-17(18)19)8-12(16(22)23)9-15(11)21-5-3-4-13(10-21)25-7-6-24-2;1-12-9-15(20-17(18)19)13(2)16(10-12)21-6-4-5-14(11-21)23-8-7-22-3/h12,14,16-18H,2-11,13,21H2,1H3,(H,24,25);10,14-17H,4-9,11-12H2,1-3H3,(H4,19,20,21);9,11,13-15H,3-8,10H2,1-2H3,(H,22,23)(H4,18,19,20);10,13-16H,4-9,11H2,1-3H3,(H4,18,19,20)/t14-,16+,17+,18-;14-,15-,16+,17-;11-,13+,14+,15-;13-,14-,15+,16-/m1111/s1. The first-order chi connectivity index (χ1) is 48.4. The summed E-state index contributed by atoms with van der Waals surface area (Å²) in [6, 6.07) is 0.766. The molecule has 4 aliphatic carbocycles. The van der Waals surface area contributed by atoms with Crippen molar-refractivity contribution >= 4 is 35.9 Å². The molecule has 576 valence electrons. The number of nitrogens with zero attached hydrogens (tertiary/aromatic N) is 8. The Morgan fingerprint density at radius 2 is 0.861 bits per heavy atom. The van der Waals surface area contributed by atoms with Crippen LogP contribution in [0.4, 0.5) is 4.79 Å². The lowest BCUT2D eigenvalue weighted by Crippen LogP contribution is -2.53. The monoisotopic (exact) mass is 1430 g/mol. The van der Waals surface area contributed by atoms with E-state index >= 15 is 0 Å². The van der Waals surface area contributed by atoms with Gasteiger partial charge >= 0.3 is 18.0 Å². The number of rotatable bonds is 26. The molecular weight excluding hydrogens is 1300 g/mol. The summed E-state index contributed by atoms with van der Waals surface area (Å²) in [6.07, 6.45) is 20.0. The largest absolute Gasteiger partial charge is 0.478 e. The van der Waals surface area contributed by atoms with E-state index in [2.05, 4.69) is 88.3 Å².